The van der Waals surface area contributed by atoms with Crippen molar-refractivity contribution in [2.45, 2.75) is 42.7 Å². The summed E-state index contributed by atoms with van der Waals surface area (Å²) in [5.41, 5.74) is 1.34. The minimum absolute atomic E-state index is 0.0723. The average molecular weight is 595 g/mol. The summed E-state index contributed by atoms with van der Waals surface area (Å²) in [4.78, 5) is 13.0. The second-order valence-corrected chi connectivity index (χ2v) is 10.2. The van der Waals surface area contributed by atoms with Crippen molar-refractivity contribution in [3.8, 4) is 28.7 Å². The highest BCUT2D eigenvalue weighted by Crippen LogP contribution is 2.55. The Labute approximate surface area is 240 Å². The maximum atomic E-state index is 13.0. The fourth-order valence-electron chi connectivity index (χ4n) is 6.05. The van der Waals surface area contributed by atoms with Gasteiger partial charge in [-0.25, -0.2) is 0 Å². The number of methoxy groups -OCH3 is 3. The highest BCUT2D eigenvalue weighted by Gasteiger charge is 2.52. The van der Waals surface area contributed by atoms with Crippen molar-refractivity contribution >= 4 is 5.97 Å². The molecule has 0 amide bonds. The molecule has 0 spiro atoms. The van der Waals surface area contributed by atoms with Crippen LogP contribution in [0.2, 0.25) is 0 Å². The molecule has 0 bridgehead atoms. The number of aliphatic hydroxyl groups excluding tert-OH is 5. The van der Waals surface area contributed by atoms with Crippen molar-refractivity contribution in [1.82, 2.24) is 0 Å². The standard InChI is InChI=1S/C28H34O14/c1-36-17-4-11(5-18(37-2)26(17)38-3)20-12-6-15-16(40-10-39-15)7-13(12)25(14(8-29)21(20)27(34)35)42-28-24(33)23(32)22(31)19(9-30)41-28/h4-7,14,19-25,28-33H,8-10H2,1-3H3,(H,34,35). The molecule has 5 rings (SSSR count). The first-order chi connectivity index (χ1) is 20.2. The lowest BCUT2D eigenvalue weighted by molar-refractivity contribution is -0.318. The first-order valence-corrected chi connectivity index (χ1v) is 13.2. The van der Waals surface area contributed by atoms with Crippen LogP contribution in [0.4, 0.5) is 0 Å². The van der Waals surface area contributed by atoms with Crippen LogP contribution in [0.1, 0.15) is 28.7 Å². The molecule has 0 aromatic heterocycles. The summed E-state index contributed by atoms with van der Waals surface area (Å²) in [6.07, 6.45) is -9.17. The number of ether oxygens (including phenoxy) is 7. The van der Waals surface area contributed by atoms with Crippen molar-refractivity contribution in [3.63, 3.8) is 0 Å². The molecule has 2 aliphatic heterocycles. The van der Waals surface area contributed by atoms with Gasteiger partial charge in [-0.15, -0.1) is 0 Å². The molecule has 2 aromatic carbocycles. The summed E-state index contributed by atoms with van der Waals surface area (Å²) in [5.74, 6) is -2.97. The van der Waals surface area contributed by atoms with Crippen LogP contribution in [0.15, 0.2) is 24.3 Å². The van der Waals surface area contributed by atoms with Crippen LogP contribution in [-0.2, 0) is 14.3 Å². The first-order valence-electron chi connectivity index (χ1n) is 13.2. The molecule has 14 heteroatoms. The summed E-state index contributed by atoms with van der Waals surface area (Å²) in [5, 5.41) is 62.1. The van der Waals surface area contributed by atoms with Gasteiger partial charge in [0, 0.05) is 18.4 Å². The minimum atomic E-state index is -1.75. The van der Waals surface area contributed by atoms with Gasteiger partial charge in [0.05, 0.1) is 40.0 Å². The Morgan fingerprint density at radius 2 is 1.48 bits per heavy atom. The van der Waals surface area contributed by atoms with E-state index in [1.807, 2.05) is 0 Å². The number of aliphatic carboxylic acids is 1. The highest BCUT2D eigenvalue weighted by molar-refractivity contribution is 5.75. The first kappa shape index (κ1) is 30.1. The zero-order valence-electron chi connectivity index (χ0n) is 23.1. The van der Waals surface area contributed by atoms with E-state index in [9.17, 15) is 35.4 Å². The van der Waals surface area contributed by atoms with Crippen LogP contribution < -0.4 is 23.7 Å². The molecule has 9 atom stereocenters. The Kier molecular flexibility index (Phi) is 8.66. The molecule has 1 aliphatic carbocycles. The number of carboxylic acids is 1. The zero-order chi connectivity index (χ0) is 30.3. The molecule has 0 radical (unpaired) electrons. The van der Waals surface area contributed by atoms with Crippen LogP contribution in [0.25, 0.3) is 0 Å². The maximum absolute atomic E-state index is 13.0. The molecular weight excluding hydrogens is 560 g/mol. The van der Waals surface area contributed by atoms with Gasteiger partial charge in [-0.05, 0) is 41.0 Å². The van der Waals surface area contributed by atoms with E-state index in [1.54, 1.807) is 24.3 Å². The Bertz CT molecular complexity index is 1270. The fraction of sp³-hybridized carbons (Fsp3) is 0.536. The van der Waals surface area contributed by atoms with Gasteiger partial charge in [0.15, 0.2) is 29.3 Å². The van der Waals surface area contributed by atoms with Gasteiger partial charge < -0.3 is 63.8 Å². The van der Waals surface area contributed by atoms with Crippen molar-refractivity contribution in [1.29, 1.82) is 0 Å². The number of hydrogen-bond acceptors (Lipinski definition) is 13. The van der Waals surface area contributed by atoms with E-state index in [-0.39, 0.29) is 6.79 Å². The van der Waals surface area contributed by atoms with Gasteiger partial charge in [-0.1, -0.05) is 0 Å². The smallest absolute Gasteiger partial charge is 0.307 e. The summed E-state index contributed by atoms with van der Waals surface area (Å²) in [6.45, 7) is -1.42. The molecule has 2 aromatic rings. The molecular formula is C28H34O14. The second-order valence-electron chi connectivity index (χ2n) is 10.2. The lowest BCUT2D eigenvalue weighted by Gasteiger charge is -2.46. The van der Waals surface area contributed by atoms with Gasteiger partial charge in [0.25, 0.3) is 0 Å². The SMILES string of the molecule is COc1cc(C2c3cc4c(cc3C(OC3OC(CO)C(O)C(O)C3O)C(CO)C2C(=O)O)OCO4)cc(OC)c1OC. The largest absolute Gasteiger partial charge is 0.493 e. The van der Waals surface area contributed by atoms with Crippen LogP contribution >= 0.6 is 0 Å². The summed E-state index contributed by atoms with van der Waals surface area (Å²) in [6, 6.07) is 6.50. The Morgan fingerprint density at radius 3 is 2.00 bits per heavy atom. The van der Waals surface area contributed by atoms with Gasteiger partial charge in [0.2, 0.25) is 12.5 Å². The van der Waals surface area contributed by atoms with Gasteiger partial charge >= 0.3 is 5.97 Å². The number of carboxylic acid groups (broad SMARTS) is 1. The van der Waals surface area contributed by atoms with E-state index in [0.717, 1.165) is 0 Å². The summed E-state index contributed by atoms with van der Waals surface area (Å²) in [7, 11) is 4.31. The molecule has 1 saturated heterocycles. The van der Waals surface area contributed by atoms with Crippen molar-refractivity contribution in [3.05, 3.63) is 41.0 Å². The number of hydrogen-bond donors (Lipinski definition) is 6. The summed E-state index contributed by atoms with van der Waals surface area (Å²) < 4.78 is 39.3. The third-order valence-corrected chi connectivity index (χ3v) is 8.10. The van der Waals surface area contributed by atoms with Crippen molar-refractivity contribution < 1.29 is 68.6 Å². The fourth-order valence-corrected chi connectivity index (χ4v) is 6.05. The predicted molar refractivity (Wildman–Crippen MR) is 140 cm³/mol. The van der Waals surface area contributed by atoms with Crippen LogP contribution in [0.5, 0.6) is 28.7 Å². The molecule has 0 saturated carbocycles. The van der Waals surface area contributed by atoms with E-state index in [1.165, 1.54) is 21.3 Å². The van der Waals surface area contributed by atoms with Crippen LogP contribution in [-0.4, -0.2) is 109 Å². The number of carbonyl (C=O) groups is 1. The Balaban J connectivity index is 1.68. The monoisotopic (exact) mass is 594 g/mol. The molecule has 1 fully saturated rings. The van der Waals surface area contributed by atoms with Gasteiger partial charge in [0.1, 0.15) is 24.4 Å². The van der Waals surface area contributed by atoms with Gasteiger partial charge in [-0.2, -0.15) is 0 Å². The second kappa shape index (κ2) is 12.1. The Morgan fingerprint density at radius 1 is 0.857 bits per heavy atom. The number of rotatable bonds is 9. The molecule has 9 unspecified atom stereocenters. The highest BCUT2D eigenvalue weighted by atomic mass is 16.7. The minimum Gasteiger partial charge on any atom is -0.493 e. The molecule has 3 aliphatic rings. The number of fused-ring (bicyclic) bond motifs is 2. The quantitative estimate of drug-likeness (QED) is 0.222. The van der Waals surface area contributed by atoms with Crippen molar-refractivity contribution in [2.75, 3.05) is 41.3 Å². The molecule has 42 heavy (non-hydrogen) atoms. The van der Waals surface area contributed by atoms with E-state index in [4.69, 9.17) is 33.2 Å². The molecule has 2 heterocycles. The van der Waals surface area contributed by atoms with Crippen molar-refractivity contribution in [2.24, 2.45) is 11.8 Å². The lowest BCUT2D eigenvalue weighted by Crippen LogP contribution is -2.59. The van der Waals surface area contributed by atoms with Gasteiger partial charge in [-0.3, -0.25) is 4.79 Å². The topological polar surface area (TPSA) is 203 Å². The van der Waals surface area contributed by atoms with E-state index in [2.05, 4.69) is 0 Å². The number of aliphatic hydroxyl groups is 5. The maximum Gasteiger partial charge on any atom is 0.307 e. The third-order valence-electron chi connectivity index (χ3n) is 8.10. The molecule has 230 valence electrons. The lowest BCUT2D eigenvalue weighted by atomic mass is 9.65. The van der Waals surface area contributed by atoms with Crippen LogP contribution in [0.3, 0.4) is 0 Å². The zero-order valence-corrected chi connectivity index (χ0v) is 23.1. The normalized spacial score (nSPS) is 31.8. The molecule has 14 nitrogen and oxygen atoms in total. The Hall–Kier alpha value is -3.37. The average Bonchev–Trinajstić information content (AvgIpc) is 3.46. The summed E-state index contributed by atoms with van der Waals surface area (Å²) >= 11 is 0. The molecule has 6 N–H and O–H groups in total. The number of benzene rings is 2. The third kappa shape index (κ3) is 4.98. The van der Waals surface area contributed by atoms with E-state index in [0.29, 0.717) is 45.4 Å². The van der Waals surface area contributed by atoms with Crippen LogP contribution in [0, 0.1) is 11.8 Å². The van der Waals surface area contributed by atoms with E-state index >= 15 is 0 Å². The predicted octanol–water partition coefficient (Wildman–Crippen LogP) is -0.246. The van der Waals surface area contributed by atoms with E-state index < -0.39 is 73.7 Å².